The summed E-state index contributed by atoms with van der Waals surface area (Å²) in [4.78, 5) is 11.7. The van der Waals surface area contributed by atoms with E-state index >= 15 is 0 Å². The lowest BCUT2D eigenvalue weighted by atomic mass is 10.3. The minimum atomic E-state index is -0.0954. The van der Waals surface area contributed by atoms with E-state index in [1.165, 1.54) is 0 Å². The summed E-state index contributed by atoms with van der Waals surface area (Å²) < 4.78 is 10.8. The SMILES string of the molecule is CC(C)Oc1nc(Cl)nc(Oc2cc(Cl)cc(Cl)c2)n1. The van der Waals surface area contributed by atoms with Gasteiger partial charge in [0.05, 0.1) is 6.10 Å². The largest absolute Gasteiger partial charge is 0.461 e. The summed E-state index contributed by atoms with van der Waals surface area (Å²) >= 11 is 17.5. The third-order valence-electron chi connectivity index (χ3n) is 1.95. The number of rotatable bonds is 4. The fourth-order valence-corrected chi connectivity index (χ4v) is 1.97. The summed E-state index contributed by atoms with van der Waals surface area (Å²) in [7, 11) is 0. The number of benzene rings is 1. The molecule has 20 heavy (non-hydrogen) atoms. The molecule has 0 unspecified atom stereocenters. The second-order valence-corrected chi connectivity index (χ2v) is 5.25. The lowest BCUT2D eigenvalue weighted by Crippen LogP contribution is -2.09. The molecule has 1 aromatic carbocycles. The lowest BCUT2D eigenvalue weighted by Gasteiger charge is -2.09. The van der Waals surface area contributed by atoms with Crippen molar-refractivity contribution in [2.45, 2.75) is 20.0 Å². The van der Waals surface area contributed by atoms with E-state index in [2.05, 4.69) is 15.0 Å². The van der Waals surface area contributed by atoms with Crippen molar-refractivity contribution >= 4 is 34.8 Å². The van der Waals surface area contributed by atoms with Gasteiger partial charge in [0.25, 0.3) is 0 Å². The summed E-state index contributed by atoms with van der Waals surface area (Å²) in [6.45, 7) is 3.68. The molecule has 0 saturated carbocycles. The van der Waals surface area contributed by atoms with Gasteiger partial charge < -0.3 is 9.47 Å². The highest BCUT2D eigenvalue weighted by molar-refractivity contribution is 6.34. The average molecular weight is 335 g/mol. The van der Waals surface area contributed by atoms with E-state index < -0.39 is 0 Å². The van der Waals surface area contributed by atoms with Crippen LogP contribution in [0.1, 0.15) is 13.8 Å². The van der Waals surface area contributed by atoms with Crippen LogP contribution in [0.3, 0.4) is 0 Å². The maximum atomic E-state index is 5.88. The van der Waals surface area contributed by atoms with E-state index in [-0.39, 0.29) is 23.4 Å². The van der Waals surface area contributed by atoms with Crippen molar-refractivity contribution in [3.05, 3.63) is 33.5 Å². The molecule has 0 fully saturated rings. The summed E-state index contributed by atoms with van der Waals surface area (Å²) in [5, 5.41) is 0.844. The molecular formula is C12H10Cl3N3O2. The molecule has 0 aliphatic rings. The first-order chi connectivity index (χ1) is 9.42. The van der Waals surface area contributed by atoms with E-state index in [0.717, 1.165) is 0 Å². The zero-order valence-electron chi connectivity index (χ0n) is 10.6. The Labute approximate surface area is 130 Å². The van der Waals surface area contributed by atoms with Gasteiger partial charge in [-0.15, -0.1) is 4.98 Å². The quantitative estimate of drug-likeness (QED) is 0.829. The number of ether oxygens (including phenoxy) is 2. The minimum Gasteiger partial charge on any atom is -0.461 e. The van der Waals surface area contributed by atoms with Crippen molar-refractivity contribution in [3.8, 4) is 17.8 Å². The van der Waals surface area contributed by atoms with Gasteiger partial charge in [-0.2, -0.15) is 9.97 Å². The Morgan fingerprint density at radius 2 is 1.50 bits per heavy atom. The van der Waals surface area contributed by atoms with E-state index in [9.17, 15) is 0 Å². The first-order valence-corrected chi connectivity index (χ1v) is 6.78. The molecule has 2 aromatic rings. The number of hydrogen-bond donors (Lipinski definition) is 0. The van der Waals surface area contributed by atoms with Crippen molar-refractivity contribution in [2.24, 2.45) is 0 Å². The Bertz CT molecular complexity index is 603. The Balaban J connectivity index is 2.26. The molecule has 1 heterocycles. The highest BCUT2D eigenvalue weighted by atomic mass is 35.5. The molecule has 0 aliphatic carbocycles. The third-order valence-corrected chi connectivity index (χ3v) is 2.56. The van der Waals surface area contributed by atoms with E-state index in [1.807, 2.05) is 13.8 Å². The van der Waals surface area contributed by atoms with Gasteiger partial charge in [-0.1, -0.05) is 23.2 Å². The number of hydrogen-bond acceptors (Lipinski definition) is 5. The minimum absolute atomic E-state index is 0.000941. The average Bonchev–Trinajstić information content (AvgIpc) is 2.24. The van der Waals surface area contributed by atoms with Gasteiger partial charge in [0, 0.05) is 10.0 Å². The smallest absolute Gasteiger partial charge is 0.329 e. The molecule has 0 N–H and O–H groups in total. The predicted molar refractivity (Wildman–Crippen MR) is 77.1 cm³/mol. The van der Waals surface area contributed by atoms with Gasteiger partial charge in [-0.25, -0.2) is 0 Å². The second-order valence-electron chi connectivity index (χ2n) is 4.04. The maximum Gasteiger partial charge on any atom is 0.329 e. The van der Waals surface area contributed by atoms with Crippen LogP contribution >= 0.6 is 34.8 Å². The molecule has 0 spiro atoms. The van der Waals surface area contributed by atoms with Gasteiger partial charge in [0.2, 0.25) is 5.28 Å². The molecule has 8 heteroatoms. The van der Waals surface area contributed by atoms with Crippen LogP contribution in [-0.4, -0.2) is 21.1 Å². The zero-order valence-corrected chi connectivity index (χ0v) is 12.9. The van der Waals surface area contributed by atoms with Crippen molar-refractivity contribution in [1.82, 2.24) is 15.0 Å². The van der Waals surface area contributed by atoms with Crippen LogP contribution < -0.4 is 9.47 Å². The Hall–Kier alpha value is -1.30. The standard InChI is InChI=1S/C12H10Cl3N3O2/c1-6(2)19-11-16-10(15)17-12(18-11)20-9-4-7(13)3-8(14)5-9/h3-6H,1-2H3. The third kappa shape index (κ3) is 4.37. The number of aromatic nitrogens is 3. The monoisotopic (exact) mass is 333 g/mol. The van der Waals surface area contributed by atoms with Crippen LogP contribution in [-0.2, 0) is 0 Å². The lowest BCUT2D eigenvalue weighted by molar-refractivity contribution is 0.218. The number of halogens is 3. The van der Waals surface area contributed by atoms with Crippen molar-refractivity contribution in [1.29, 1.82) is 0 Å². The van der Waals surface area contributed by atoms with Gasteiger partial charge in [0.15, 0.2) is 0 Å². The van der Waals surface area contributed by atoms with Crippen molar-refractivity contribution in [2.75, 3.05) is 0 Å². The molecule has 2 rings (SSSR count). The zero-order chi connectivity index (χ0) is 14.7. The molecule has 0 saturated heterocycles. The molecule has 1 aromatic heterocycles. The fourth-order valence-electron chi connectivity index (χ4n) is 1.32. The fraction of sp³-hybridized carbons (Fsp3) is 0.250. The molecule has 0 radical (unpaired) electrons. The van der Waals surface area contributed by atoms with E-state index in [0.29, 0.717) is 15.8 Å². The highest BCUT2D eigenvalue weighted by Gasteiger charge is 2.10. The molecule has 106 valence electrons. The van der Waals surface area contributed by atoms with Crippen LogP contribution in [0.2, 0.25) is 15.3 Å². The first kappa shape index (κ1) is 15.1. The van der Waals surface area contributed by atoms with Crippen LogP contribution in [0.5, 0.6) is 17.8 Å². The maximum absolute atomic E-state index is 5.88. The number of nitrogens with zero attached hydrogens (tertiary/aromatic N) is 3. The Morgan fingerprint density at radius 3 is 2.10 bits per heavy atom. The first-order valence-electron chi connectivity index (χ1n) is 5.64. The van der Waals surface area contributed by atoms with E-state index in [1.54, 1.807) is 18.2 Å². The highest BCUT2D eigenvalue weighted by Crippen LogP contribution is 2.27. The summed E-state index contributed by atoms with van der Waals surface area (Å²) in [6, 6.07) is 4.83. The summed E-state index contributed by atoms with van der Waals surface area (Å²) in [6.07, 6.45) is -0.0954. The second kappa shape index (κ2) is 6.43. The van der Waals surface area contributed by atoms with Crippen LogP contribution in [0.15, 0.2) is 18.2 Å². The summed E-state index contributed by atoms with van der Waals surface area (Å²) in [5.74, 6) is 0.389. The van der Waals surface area contributed by atoms with Gasteiger partial charge in [-0.05, 0) is 43.6 Å². The van der Waals surface area contributed by atoms with Crippen molar-refractivity contribution < 1.29 is 9.47 Å². The molecule has 0 atom stereocenters. The van der Waals surface area contributed by atoms with Gasteiger partial charge in [0.1, 0.15) is 5.75 Å². The topological polar surface area (TPSA) is 57.1 Å². The molecule has 0 amide bonds. The molecule has 0 aliphatic heterocycles. The van der Waals surface area contributed by atoms with E-state index in [4.69, 9.17) is 44.3 Å². The van der Waals surface area contributed by atoms with Crippen LogP contribution in [0.25, 0.3) is 0 Å². The Morgan fingerprint density at radius 1 is 0.900 bits per heavy atom. The Kier molecular flexibility index (Phi) is 4.86. The normalized spacial score (nSPS) is 10.7. The summed E-state index contributed by atoms with van der Waals surface area (Å²) in [5.41, 5.74) is 0. The van der Waals surface area contributed by atoms with Crippen LogP contribution in [0.4, 0.5) is 0 Å². The van der Waals surface area contributed by atoms with Gasteiger partial charge in [-0.3, -0.25) is 0 Å². The van der Waals surface area contributed by atoms with Crippen LogP contribution in [0, 0.1) is 0 Å². The predicted octanol–water partition coefficient (Wildman–Crippen LogP) is 4.41. The van der Waals surface area contributed by atoms with Gasteiger partial charge >= 0.3 is 12.0 Å². The van der Waals surface area contributed by atoms with Crippen molar-refractivity contribution in [3.63, 3.8) is 0 Å². The molecular weight excluding hydrogens is 325 g/mol. The molecule has 5 nitrogen and oxygen atoms in total. The molecule has 0 bridgehead atoms.